The summed E-state index contributed by atoms with van der Waals surface area (Å²) in [6, 6.07) is 1.31. The Morgan fingerprint density at radius 2 is 2.11 bits per heavy atom. The number of rotatable bonds is 4. The molecule has 2 rings (SSSR count). The van der Waals surface area contributed by atoms with Crippen molar-refractivity contribution in [2.75, 3.05) is 17.6 Å². The van der Waals surface area contributed by atoms with Gasteiger partial charge in [-0.1, -0.05) is 0 Å². The van der Waals surface area contributed by atoms with Gasteiger partial charge in [-0.2, -0.15) is 0 Å². The number of benzene rings is 1. The summed E-state index contributed by atoms with van der Waals surface area (Å²) in [6.07, 6.45) is -0.838. The van der Waals surface area contributed by atoms with Gasteiger partial charge in [0.2, 0.25) is 0 Å². The van der Waals surface area contributed by atoms with Gasteiger partial charge in [0, 0.05) is 6.54 Å². The van der Waals surface area contributed by atoms with E-state index in [2.05, 4.69) is 5.32 Å². The molecular formula is C13H17F3N2O. The first-order chi connectivity index (χ1) is 8.84. The fraction of sp³-hybridized carbons (Fsp3) is 0.538. The summed E-state index contributed by atoms with van der Waals surface area (Å²) in [7, 11) is 0. The number of nitrogen functional groups attached to an aromatic ring is 1. The van der Waals surface area contributed by atoms with Crippen molar-refractivity contribution in [2.45, 2.75) is 38.2 Å². The average Bonchev–Trinajstić information content (AvgIpc) is 2.29. The average molecular weight is 274 g/mol. The first-order valence-electron chi connectivity index (χ1n) is 6.17. The van der Waals surface area contributed by atoms with Crippen LogP contribution in [-0.2, 0) is 0 Å². The van der Waals surface area contributed by atoms with Gasteiger partial charge in [0.05, 0.1) is 22.5 Å². The van der Waals surface area contributed by atoms with Crippen molar-refractivity contribution in [3.63, 3.8) is 0 Å². The number of aliphatic hydroxyl groups is 1. The molecule has 0 aromatic heterocycles. The number of halogens is 3. The molecule has 1 saturated carbocycles. The van der Waals surface area contributed by atoms with Crippen molar-refractivity contribution in [1.82, 2.24) is 0 Å². The lowest BCUT2D eigenvalue weighted by Crippen LogP contribution is -2.43. The second-order valence-electron chi connectivity index (χ2n) is 5.12. The lowest BCUT2D eigenvalue weighted by Gasteiger charge is -2.37. The normalized spacial score (nSPS) is 17.4. The summed E-state index contributed by atoms with van der Waals surface area (Å²) in [5.74, 6) is -0.952. The van der Waals surface area contributed by atoms with Gasteiger partial charge in [-0.3, -0.25) is 0 Å². The highest BCUT2D eigenvalue weighted by Gasteiger charge is 2.35. The van der Waals surface area contributed by atoms with Crippen LogP contribution in [0.25, 0.3) is 0 Å². The van der Waals surface area contributed by atoms with E-state index in [4.69, 9.17) is 5.73 Å². The van der Waals surface area contributed by atoms with Crippen LogP contribution in [0.2, 0.25) is 0 Å². The van der Waals surface area contributed by atoms with Crippen LogP contribution in [0.3, 0.4) is 0 Å². The maximum Gasteiger partial charge on any atom is 0.268 e. The summed E-state index contributed by atoms with van der Waals surface area (Å²) in [5, 5.41) is 12.6. The Balaban J connectivity index is 2.30. The lowest BCUT2D eigenvalue weighted by atomic mass is 9.80. The van der Waals surface area contributed by atoms with Crippen molar-refractivity contribution in [3.8, 4) is 0 Å². The number of hydrogen-bond donors (Lipinski definition) is 3. The van der Waals surface area contributed by atoms with Crippen LogP contribution in [0.15, 0.2) is 6.07 Å². The van der Waals surface area contributed by atoms with E-state index >= 15 is 0 Å². The van der Waals surface area contributed by atoms with Gasteiger partial charge in [-0.15, -0.1) is 0 Å². The van der Waals surface area contributed by atoms with Crippen LogP contribution in [0.1, 0.15) is 36.8 Å². The summed E-state index contributed by atoms with van der Waals surface area (Å²) < 4.78 is 39.7. The predicted octanol–water partition coefficient (Wildman–Crippen LogP) is 2.98. The van der Waals surface area contributed by atoms with Crippen molar-refractivity contribution in [1.29, 1.82) is 0 Å². The van der Waals surface area contributed by atoms with E-state index in [9.17, 15) is 18.3 Å². The SMILES string of the molecule is Cc1cc(N)c(NCC2(O)CCC2)c(C(F)F)c1F. The Kier molecular flexibility index (Phi) is 3.62. The Labute approximate surface area is 109 Å². The Bertz CT molecular complexity index is 487. The number of anilines is 2. The standard InChI is InChI=1S/C13H17F3N2O/c1-7-5-8(17)11(9(10(7)14)12(15)16)18-6-13(19)3-2-4-13/h5,12,18-19H,2-4,6,17H2,1H3. The molecule has 0 unspecified atom stereocenters. The van der Waals surface area contributed by atoms with E-state index in [0.29, 0.717) is 12.8 Å². The molecule has 0 atom stereocenters. The molecule has 0 saturated heterocycles. The van der Waals surface area contributed by atoms with Crippen LogP contribution in [0, 0.1) is 12.7 Å². The monoisotopic (exact) mass is 274 g/mol. The van der Waals surface area contributed by atoms with E-state index in [0.717, 1.165) is 6.42 Å². The Morgan fingerprint density at radius 1 is 1.47 bits per heavy atom. The number of alkyl halides is 2. The highest BCUT2D eigenvalue weighted by molar-refractivity contribution is 5.72. The van der Waals surface area contributed by atoms with Crippen LogP contribution < -0.4 is 11.1 Å². The number of nitrogens with two attached hydrogens (primary N) is 1. The molecular weight excluding hydrogens is 257 g/mol. The third-order valence-electron chi connectivity index (χ3n) is 3.61. The zero-order valence-corrected chi connectivity index (χ0v) is 10.6. The van der Waals surface area contributed by atoms with E-state index < -0.39 is 23.4 Å². The fourth-order valence-corrected chi connectivity index (χ4v) is 2.26. The van der Waals surface area contributed by atoms with E-state index in [1.807, 2.05) is 0 Å². The zero-order chi connectivity index (χ0) is 14.2. The third-order valence-corrected chi connectivity index (χ3v) is 3.61. The van der Waals surface area contributed by atoms with Gasteiger partial charge in [-0.05, 0) is 37.8 Å². The Hall–Kier alpha value is -1.43. The molecule has 19 heavy (non-hydrogen) atoms. The van der Waals surface area contributed by atoms with Gasteiger partial charge >= 0.3 is 0 Å². The molecule has 0 aliphatic heterocycles. The molecule has 1 aliphatic rings. The lowest BCUT2D eigenvalue weighted by molar-refractivity contribution is -0.0202. The zero-order valence-electron chi connectivity index (χ0n) is 10.6. The highest BCUT2D eigenvalue weighted by Crippen LogP contribution is 2.38. The van der Waals surface area contributed by atoms with E-state index in [-0.39, 0.29) is 23.5 Å². The molecule has 1 fully saturated rings. The molecule has 0 spiro atoms. The van der Waals surface area contributed by atoms with Crippen molar-refractivity contribution in [3.05, 3.63) is 23.0 Å². The third kappa shape index (κ3) is 2.63. The minimum Gasteiger partial charge on any atom is -0.397 e. The van der Waals surface area contributed by atoms with Gasteiger partial charge in [0.1, 0.15) is 5.82 Å². The van der Waals surface area contributed by atoms with E-state index in [1.54, 1.807) is 0 Å². The van der Waals surface area contributed by atoms with Crippen molar-refractivity contribution in [2.24, 2.45) is 0 Å². The second-order valence-corrected chi connectivity index (χ2v) is 5.12. The van der Waals surface area contributed by atoms with Gasteiger partial charge in [-0.25, -0.2) is 13.2 Å². The minimum absolute atomic E-state index is 0.0668. The maximum absolute atomic E-state index is 13.8. The number of aryl methyl sites for hydroxylation is 1. The molecule has 0 heterocycles. The van der Waals surface area contributed by atoms with Gasteiger partial charge in [0.15, 0.2) is 0 Å². The molecule has 1 aliphatic carbocycles. The quantitative estimate of drug-likeness (QED) is 0.740. The summed E-state index contributed by atoms with van der Waals surface area (Å²) in [6.45, 7) is 1.49. The predicted molar refractivity (Wildman–Crippen MR) is 67.8 cm³/mol. The van der Waals surface area contributed by atoms with Crippen LogP contribution >= 0.6 is 0 Å². The number of hydrogen-bond acceptors (Lipinski definition) is 3. The van der Waals surface area contributed by atoms with Gasteiger partial charge in [0.25, 0.3) is 6.43 Å². The first-order valence-corrected chi connectivity index (χ1v) is 6.17. The largest absolute Gasteiger partial charge is 0.397 e. The van der Waals surface area contributed by atoms with E-state index in [1.165, 1.54) is 13.0 Å². The Morgan fingerprint density at radius 3 is 2.58 bits per heavy atom. The van der Waals surface area contributed by atoms with Crippen LogP contribution in [-0.4, -0.2) is 17.3 Å². The van der Waals surface area contributed by atoms with Gasteiger partial charge < -0.3 is 16.2 Å². The van der Waals surface area contributed by atoms with Crippen LogP contribution in [0.4, 0.5) is 24.5 Å². The molecule has 106 valence electrons. The molecule has 4 N–H and O–H groups in total. The second kappa shape index (κ2) is 4.92. The number of nitrogens with one attached hydrogen (secondary N) is 1. The van der Waals surface area contributed by atoms with Crippen LogP contribution in [0.5, 0.6) is 0 Å². The molecule has 0 radical (unpaired) electrons. The highest BCUT2D eigenvalue weighted by atomic mass is 19.3. The van der Waals surface area contributed by atoms with Crippen molar-refractivity contribution < 1.29 is 18.3 Å². The topological polar surface area (TPSA) is 58.3 Å². The smallest absolute Gasteiger partial charge is 0.268 e. The summed E-state index contributed by atoms with van der Waals surface area (Å²) >= 11 is 0. The maximum atomic E-state index is 13.8. The molecule has 0 amide bonds. The fourth-order valence-electron chi connectivity index (χ4n) is 2.26. The molecule has 3 nitrogen and oxygen atoms in total. The van der Waals surface area contributed by atoms with Crippen molar-refractivity contribution >= 4 is 11.4 Å². The summed E-state index contributed by atoms with van der Waals surface area (Å²) in [4.78, 5) is 0. The summed E-state index contributed by atoms with van der Waals surface area (Å²) in [5.41, 5.74) is 4.09. The minimum atomic E-state index is -2.96. The molecule has 1 aromatic carbocycles. The molecule has 6 heteroatoms. The molecule has 1 aromatic rings. The first kappa shape index (κ1) is 14.0. The molecule has 0 bridgehead atoms.